The van der Waals surface area contributed by atoms with E-state index in [0.29, 0.717) is 11.8 Å². The zero-order chi connectivity index (χ0) is 18.6. The highest BCUT2D eigenvalue weighted by molar-refractivity contribution is 5.79. The molecule has 0 radical (unpaired) electrons. The summed E-state index contributed by atoms with van der Waals surface area (Å²) in [6.45, 7) is 6.73. The van der Waals surface area contributed by atoms with E-state index in [1.54, 1.807) is 7.11 Å². The first kappa shape index (κ1) is 19.2. The van der Waals surface area contributed by atoms with Gasteiger partial charge in [-0.05, 0) is 45.3 Å². The standard InChI is InChI=1S/C23H34N2O/c1-23(2,3)25-21-16-20(18-13-9-6-10-14-18)24-22(26-4)15-19(21)17-11-7-5-8-12-17/h5,7-8,11-12,16,18-19,21,25H,6,9-10,13-15H2,1-4H3/t19-,21+/m1/s1. The Morgan fingerprint density at radius 2 is 1.73 bits per heavy atom. The summed E-state index contributed by atoms with van der Waals surface area (Å²) in [4.78, 5) is 4.99. The maximum absolute atomic E-state index is 5.70. The van der Waals surface area contributed by atoms with E-state index < -0.39 is 0 Å². The van der Waals surface area contributed by atoms with Gasteiger partial charge in [-0.15, -0.1) is 0 Å². The summed E-state index contributed by atoms with van der Waals surface area (Å²) in [6.07, 6.45) is 9.75. The third kappa shape index (κ3) is 4.97. The molecule has 2 aliphatic rings. The fourth-order valence-electron chi connectivity index (χ4n) is 4.26. The molecule has 0 bridgehead atoms. The highest BCUT2D eigenvalue weighted by atomic mass is 16.5. The highest BCUT2D eigenvalue weighted by Gasteiger charge is 2.31. The number of ether oxygens (including phenoxy) is 1. The summed E-state index contributed by atoms with van der Waals surface area (Å²) in [5.74, 6) is 1.77. The van der Waals surface area contributed by atoms with Crippen molar-refractivity contribution in [2.45, 2.75) is 76.8 Å². The molecule has 0 saturated heterocycles. The Morgan fingerprint density at radius 3 is 2.35 bits per heavy atom. The summed E-state index contributed by atoms with van der Waals surface area (Å²) in [6, 6.07) is 11.1. The van der Waals surface area contributed by atoms with Crippen molar-refractivity contribution in [2.24, 2.45) is 10.9 Å². The largest absolute Gasteiger partial charge is 0.484 e. The van der Waals surface area contributed by atoms with Crippen LogP contribution < -0.4 is 5.32 Å². The molecule has 0 spiro atoms. The molecule has 0 aromatic heterocycles. The number of hydrogen-bond acceptors (Lipinski definition) is 3. The Labute approximate surface area is 158 Å². The van der Waals surface area contributed by atoms with Gasteiger partial charge in [0.15, 0.2) is 5.90 Å². The molecular formula is C23H34N2O. The molecule has 2 atom stereocenters. The van der Waals surface area contributed by atoms with Crippen molar-refractivity contribution in [3.63, 3.8) is 0 Å². The first-order valence-corrected chi connectivity index (χ1v) is 10.1. The Bertz CT molecular complexity index is 636. The van der Waals surface area contributed by atoms with Crippen LogP contribution in [0, 0.1) is 5.92 Å². The van der Waals surface area contributed by atoms with Crippen LogP contribution in [0.25, 0.3) is 0 Å². The number of allylic oxidation sites excluding steroid dienone is 1. The predicted octanol–water partition coefficient (Wildman–Crippen LogP) is 5.44. The molecule has 0 unspecified atom stereocenters. The Hall–Kier alpha value is -1.61. The van der Waals surface area contributed by atoms with Crippen molar-refractivity contribution < 1.29 is 4.74 Å². The zero-order valence-electron chi connectivity index (χ0n) is 16.8. The summed E-state index contributed by atoms with van der Waals surface area (Å²) in [7, 11) is 1.76. The van der Waals surface area contributed by atoms with Crippen LogP contribution in [0.5, 0.6) is 0 Å². The third-order valence-electron chi connectivity index (χ3n) is 5.52. The molecule has 1 N–H and O–H groups in total. The van der Waals surface area contributed by atoms with Crippen molar-refractivity contribution in [2.75, 3.05) is 7.11 Å². The Morgan fingerprint density at radius 1 is 1.04 bits per heavy atom. The summed E-state index contributed by atoms with van der Waals surface area (Å²) in [5.41, 5.74) is 2.63. The van der Waals surface area contributed by atoms with Gasteiger partial charge in [0.25, 0.3) is 0 Å². The van der Waals surface area contributed by atoms with Crippen molar-refractivity contribution in [3.8, 4) is 0 Å². The number of methoxy groups -OCH3 is 1. The zero-order valence-corrected chi connectivity index (χ0v) is 16.8. The van der Waals surface area contributed by atoms with E-state index in [4.69, 9.17) is 9.73 Å². The number of hydrogen-bond donors (Lipinski definition) is 1. The van der Waals surface area contributed by atoms with Crippen LogP contribution in [0.2, 0.25) is 0 Å². The van der Waals surface area contributed by atoms with Crippen molar-refractivity contribution in [3.05, 3.63) is 47.7 Å². The smallest absolute Gasteiger partial charge is 0.188 e. The summed E-state index contributed by atoms with van der Waals surface area (Å²) < 4.78 is 5.70. The van der Waals surface area contributed by atoms with Crippen molar-refractivity contribution in [1.29, 1.82) is 0 Å². The van der Waals surface area contributed by atoms with E-state index in [9.17, 15) is 0 Å². The quantitative estimate of drug-likeness (QED) is 0.784. The summed E-state index contributed by atoms with van der Waals surface area (Å²) in [5, 5.41) is 3.86. The van der Waals surface area contributed by atoms with Crippen LogP contribution in [0.15, 0.2) is 47.1 Å². The van der Waals surface area contributed by atoms with Crippen molar-refractivity contribution >= 4 is 5.90 Å². The second-order valence-corrected chi connectivity index (χ2v) is 8.78. The topological polar surface area (TPSA) is 33.6 Å². The molecule has 1 saturated carbocycles. The molecule has 3 heteroatoms. The van der Waals surface area contributed by atoms with Crippen LogP contribution in [0.4, 0.5) is 0 Å². The molecule has 0 amide bonds. The van der Waals surface area contributed by atoms with Gasteiger partial charge < -0.3 is 10.1 Å². The third-order valence-corrected chi connectivity index (χ3v) is 5.52. The lowest BCUT2D eigenvalue weighted by Crippen LogP contribution is -2.46. The van der Waals surface area contributed by atoms with E-state index in [-0.39, 0.29) is 11.6 Å². The van der Waals surface area contributed by atoms with E-state index in [0.717, 1.165) is 12.3 Å². The normalized spacial score (nSPS) is 25.2. The molecule has 1 fully saturated rings. The molecule has 1 aliphatic heterocycles. The van der Waals surface area contributed by atoms with E-state index >= 15 is 0 Å². The van der Waals surface area contributed by atoms with Crippen LogP contribution in [0.3, 0.4) is 0 Å². The predicted molar refractivity (Wildman–Crippen MR) is 110 cm³/mol. The molecule has 1 aliphatic carbocycles. The first-order chi connectivity index (χ1) is 12.5. The second kappa shape index (κ2) is 8.39. The number of benzene rings is 1. The van der Waals surface area contributed by atoms with E-state index in [1.807, 2.05) is 0 Å². The van der Waals surface area contributed by atoms with Crippen LogP contribution in [0.1, 0.15) is 70.8 Å². The number of nitrogens with one attached hydrogen (secondary N) is 1. The van der Waals surface area contributed by atoms with Gasteiger partial charge in [-0.3, -0.25) is 0 Å². The lowest BCUT2D eigenvalue weighted by atomic mass is 9.84. The number of rotatable bonds is 3. The maximum atomic E-state index is 5.70. The van der Waals surface area contributed by atoms with Gasteiger partial charge in [-0.1, -0.05) is 49.6 Å². The fraction of sp³-hybridized carbons (Fsp3) is 0.609. The Kier molecular flexibility index (Phi) is 6.18. The number of nitrogens with zero attached hydrogens (tertiary/aromatic N) is 1. The van der Waals surface area contributed by atoms with Gasteiger partial charge in [-0.2, -0.15) is 0 Å². The fourth-order valence-corrected chi connectivity index (χ4v) is 4.26. The van der Waals surface area contributed by atoms with Gasteiger partial charge in [0.1, 0.15) is 0 Å². The minimum atomic E-state index is 0.0451. The van der Waals surface area contributed by atoms with Crippen LogP contribution in [-0.2, 0) is 4.74 Å². The first-order valence-electron chi connectivity index (χ1n) is 10.1. The lowest BCUT2D eigenvalue weighted by molar-refractivity contribution is 0.344. The second-order valence-electron chi connectivity index (χ2n) is 8.78. The Balaban J connectivity index is 1.98. The molecule has 1 aromatic carbocycles. The van der Waals surface area contributed by atoms with E-state index in [2.05, 4.69) is 62.5 Å². The van der Waals surface area contributed by atoms with Crippen LogP contribution >= 0.6 is 0 Å². The van der Waals surface area contributed by atoms with Gasteiger partial charge in [0.05, 0.1) is 7.11 Å². The molecular weight excluding hydrogens is 320 g/mol. The minimum Gasteiger partial charge on any atom is -0.484 e. The van der Waals surface area contributed by atoms with Crippen molar-refractivity contribution in [1.82, 2.24) is 5.32 Å². The summed E-state index contributed by atoms with van der Waals surface area (Å²) >= 11 is 0. The lowest BCUT2D eigenvalue weighted by Gasteiger charge is -2.32. The van der Waals surface area contributed by atoms with Gasteiger partial charge in [0, 0.05) is 35.5 Å². The monoisotopic (exact) mass is 354 g/mol. The average Bonchev–Trinajstić information content (AvgIpc) is 2.81. The molecule has 1 heterocycles. The molecule has 142 valence electrons. The highest BCUT2D eigenvalue weighted by Crippen LogP contribution is 2.36. The molecule has 1 aromatic rings. The molecule has 3 nitrogen and oxygen atoms in total. The molecule has 26 heavy (non-hydrogen) atoms. The van der Waals surface area contributed by atoms with Gasteiger partial charge in [0.2, 0.25) is 0 Å². The minimum absolute atomic E-state index is 0.0451. The average molecular weight is 355 g/mol. The SMILES string of the molecule is COC1=NC(C2CCCCC2)=C[C@H](NC(C)(C)C)[C@@H](c2ccccc2)C1. The van der Waals surface area contributed by atoms with Gasteiger partial charge >= 0.3 is 0 Å². The maximum Gasteiger partial charge on any atom is 0.188 e. The van der Waals surface area contributed by atoms with Gasteiger partial charge in [-0.25, -0.2) is 4.99 Å². The molecule has 3 rings (SSSR count). The van der Waals surface area contributed by atoms with Crippen LogP contribution in [-0.4, -0.2) is 24.6 Å². The number of aliphatic imine (C=N–C) groups is 1. The van der Waals surface area contributed by atoms with E-state index in [1.165, 1.54) is 43.4 Å².